The quantitative estimate of drug-likeness (QED) is 0.515. The lowest BCUT2D eigenvalue weighted by atomic mass is 10.0. The van der Waals surface area contributed by atoms with Gasteiger partial charge in [0, 0.05) is 38.6 Å². The molecule has 3 N–H and O–H groups in total. The predicted molar refractivity (Wildman–Crippen MR) is 119 cm³/mol. The number of benzene rings is 1. The highest BCUT2D eigenvalue weighted by molar-refractivity contribution is 6.06. The summed E-state index contributed by atoms with van der Waals surface area (Å²) in [6, 6.07) is 9.62. The molecular formula is C23H29N5O3. The van der Waals surface area contributed by atoms with E-state index in [4.69, 9.17) is 4.74 Å². The van der Waals surface area contributed by atoms with Gasteiger partial charge in [0.15, 0.2) is 5.65 Å². The summed E-state index contributed by atoms with van der Waals surface area (Å²) in [6.07, 6.45) is 5.58. The zero-order valence-corrected chi connectivity index (χ0v) is 17.8. The molecule has 3 aromatic rings. The summed E-state index contributed by atoms with van der Waals surface area (Å²) in [5, 5.41) is 21.4. The van der Waals surface area contributed by atoms with Crippen LogP contribution in [0.15, 0.2) is 42.7 Å². The maximum absolute atomic E-state index is 13.4. The molecular weight excluding hydrogens is 394 g/mol. The van der Waals surface area contributed by atoms with Gasteiger partial charge >= 0.3 is 0 Å². The molecule has 1 aliphatic rings. The van der Waals surface area contributed by atoms with Crippen LogP contribution >= 0.6 is 0 Å². The molecule has 1 fully saturated rings. The summed E-state index contributed by atoms with van der Waals surface area (Å²) in [5.41, 5.74) is 2.94. The minimum atomic E-state index is -0.288. The number of carbonyl (C=O) groups excluding carboxylic acids is 1. The first kappa shape index (κ1) is 21.3. The topological polar surface area (TPSA) is 101 Å². The number of ether oxygens (including phenoxy) is 1. The maximum atomic E-state index is 13.4. The van der Waals surface area contributed by atoms with Crippen LogP contribution in [0.1, 0.15) is 48.1 Å². The largest absolute Gasteiger partial charge is 0.396 e. The van der Waals surface area contributed by atoms with Crippen LogP contribution in [-0.2, 0) is 11.3 Å². The standard InChI is InChI=1S/C23H29N5O3/c1-2-28-22-18(15-25-28)21(26-17-9-12-31-13-10-17)19(14-24-22)23(30)27-20(8-11-29)16-6-4-3-5-7-16/h3-7,14-15,17,20,29H,2,8-13H2,1H3,(H,24,26)(H,27,30). The number of pyridine rings is 1. The Balaban J connectivity index is 1.67. The molecule has 0 aliphatic carbocycles. The van der Waals surface area contributed by atoms with Crippen LogP contribution in [0.3, 0.4) is 0 Å². The highest BCUT2D eigenvalue weighted by Gasteiger charge is 2.24. The molecule has 2 aromatic heterocycles. The van der Waals surface area contributed by atoms with Gasteiger partial charge in [0.2, 0.25) is 0 Å². The number of hydrogen-bond acceptors (Lipinski definition) is 6. The van der Waals surface area contributed by atoms with Crippen LogP contribution in [0.4, 0.5) is 5.69 Å². The number of rotatable bonds is 8. The molecule has 0 radical (unpaired) electrons. The van der Waals surface area contributed by atoms with Gasteiger partial charge in [-0.15, -0.1) is 0 Å². The van der Waals surface area contributed by atoms with Gasteiger partial charge in [0.05, 0.1) is 28.9 Å². The van der Waals surface area contributed by atoms with Crippen LogP contribution in [0.25, 0.3) is 11.0 Å². The Kier molecular flexibility index (Phi) is 6.79. The molecule has 1 atom stereocenters. The summed E-state index contributed by atoms with van der Waals surface area (Å²) in [5.74, 6) is -0.226. The van der Waals surface area contributed by atoms with Gasteiger partial charge in [-0.1, -0.05) is 30.3 Å². The van der Waals surface area contributed by atoms with Crippen molar-refractivity contribution in [2.75, 3.05) is 25.1 Å². The van der Waals surface area contributed by atoms with Gasteiger partial charge in [-0.2, -0.15) is 5.10 Å². The van der Waals surface area contributed by atoms with Crippen molar-refractivity contribution in [3.05, 3.63) is 53.9 Å². The second kappa shape index (κ2) is 9.89. The van der Waals surface area contributed by atoms with Crippen molar-refractivity contribution >= 4 is 22.6 Å². The number of anilines is 1. The number of carbonyl (C=O) groups is 1. The summed E-state index contributed by atoms with van der Waals surface area (Å²) in [4.78, 5) is 17.9. The summed E-state index contributed by atoms with van der Waals surface area (Å²) >= 11 is 0. The highest BCUT2D eigenvalue weighted by atomic mass is 16.5. The zero-order valence-electron chi connectivity index (χ0n) is 17.8. The van der Waals surface area contributed by atoms with Crippen molar-refractivity contribution in [1.82, 2.24) is 20.1 Å². The second-order valence-electron chi connectivity index (χ2n) is 7.72. The minimum Gasteiger partial charge on any atom is -0.396 e. The van der Waals surface area contributed by atoms with Gasteiger partial charge < -0.3 is 20.5 Å². The lowest BCUT2D eigenvalue weighted by Crippen LogP contribution is -2.32. The molecule has 31 heavy (non-hydrogen) atoms. The van der Waals surface area contributed by atoms with Crippen molar-refractivity contribution < 1.29 is 14.6 Å². The molecule has 1 unspecified atom stereocenters. The van der Waals surface area contributed by atoms with E-state index in [-0.39, 0.29) is 24.6 Å². The third kappa shape index (κ3) is 4.70. The van der Waals surface area contributed by atoms with Crippen molar-refractivity contribution in [3.63, 3.8) is 0 Å². The fourth-order valence-electron chi connectivity index (χ4n) is 4.00. The van der Waals surface area contributed by atoms with Crippen LogP contribution in [0.5, 0.6) is 0 Å². The summed E-state index contributed by atoms with van der Waals surface area (Å²) in [7, 11) is 0. The predicted octanol–water partition coefficient (Wildman–Crippen LogP) is 2.90. The Morgan fingerprint density at radius 3 is 2.74 bits per heavy atom. The van der Waals surface area contributed by atoms with Gasteiger partial charge in [-0.25, -0.2) is 9.67 Å². The average molecular weight is 424 g/mol. The molecule has 1 aliphatic heterocycles. The molecule has 4 rings (SSSR count). The van der Waals surface area contributed by atoms with E-state index in [9.17, 15) is 9.90 Å². The number of aromatic nitrogens is 3. The van der Waals surface area contributed by atoms with E-state index in [2.05, 4.69) is 20.7 Å². The first-order valence-corrected chi connectivity index (χ1v) is 10.9. The lowest BCUT2D eigenvalue weighted by Gasteiger charge is -2.26. The van der Waals surface area contributed by atoms with Crippen LogP contribution in [-0.4, -0.2) is 51.6 Å². The molecule has 8 nitrogen and oxygen atoms in total. The molecule has 3 heterocycles. The number of amides is 1. The van der Waals surface area contributed by atoms with E-state index in [1.807, 2.05) is 41.9 Å². The molecule has 1 saturated heterocycles. The van der Waals surface area contributed by atoms with E-state index in [1.54, 1.807) is 12.4 Å². The Bertz CT molecular complexity index is 1010. The number of aliphatic hydroxyl groups excluding tert-OH is 1. The zero-order chi connectivity index (χ0) is 21.6. The molecule has 0 spiro atoms. The highest BCUT2D eigenvalue weighted by Crippen LogP contribution is 2.29. The SMILES string of the molecule is CCn1ncc2c(NC3CCOCC3)c(C(=O)NC(CCO)c3ccccc3)cnc21. The Hall–Kier alpha value is -2.97. The van der Waals surface area contributed by atoms with E-state index >= 15 is 0 Å². The van der Waals surface area contributed by atoms with Crippen molar-refractivity contribution in [2.24, 2.45) is 0 Å². The van der Waals surface area contributed by atoms with Gasteiger partial charge in [0.1, 0.15) is 0 Å². The van der Waals surface area contributed by atoms with Crippen LogP contribution in [0, 0.1) is 0 Å². The molecule has 1 aromatic carbocycles. The fourth-order valence-corrected chi connectivity index (χ4v) is 4.00. The Labute approximate surface area is 181 Å². The number of nitrogens with one attached hydrogen (secondary N) is 2. The molecule has 164 valence electrons. The number of aliphatic hydroxyl groups is 1. The van der Waals surface area contributed by atoms with Crippen molar-refractivity contribution in [2.45, 2.75) is 44.8 Å². The fraction of sp³-hybridized carbons (Fsp3) is 0.435. The lowest BCUT2D eigenvalue weighted by molar-refractivity contribution is 0.0903. The van der Waals surface area contributed by atoms with Gasteiger partial charge in [0.25, 0.3) is 5.91 Å². The molecule has 0 bridgehead atoms. The van der Waals surface area contributed by atoms with Crippen LogP contribution < -0.4 is 10.6 Å². The number of fused-ring (bicyclic) bond motifs is 1. The Morgan fingerprint density at radius 2 is 2.03 bits per heavy atom. The van der Waals surface area contributed by atoms with E-state index in [1.165, 1.54) is 0 Å². The summed E-state index contributed by atoms with van der Waals surface area (Å²) < 4.78 is 7.30. The first-order chi connectivity index (χ1) is 15.2. The number of aryl methyl sites for hydroxylation is 1. The second-order valence-corrected chi connectivity index (χ2v) is 7.72. The average Bonchev–Trinajstić information content (AvgIpc) is 3.24. The van der Waals surface area contributed by atoms with Gasteiger partial charge in [-0.05, 0) is 31.7 Å². The maximum Gasteiger partial charge on any atom is 0.255 e. The number of nitrogens with zero attached hydrogens (tertiary/aromatic N) is 3. The van der Waals surface area contributed by atoms with Gasteiger partial charge in [-0.3, -0.25) is 4.79 Å². The molecule has 1 amide bonds. The number of hydrogen-bond donors (Lipinski definition) is 3. The molecule has 8 heteroatoms. The minimum absolute atomic E-state index is 0.0203. The Morgan fingerprint density at radius 1 is 1.26 bits per heavy atom. The van der Waals surface area contributed by atoms with Crippen molar-refractivity contribution in [1.29, 1.82) is 0 Å². The van der Waals surface area contributed by atoms with E-state index < -0.39 is 0 Å². The smallest absolute Gasteiger partial charge is 0.255 e. The third-order valence-corrected chi connectivity index (χ3v) is 5.71. The van der Waals surface area contributed by atoms with Crippen molar-refractivity contribution in [3.8, 4) is 0 Å². The van der Waals surface area contributed by atoms with E-state index in [0.29, 0.717) is 31.7 Å². The van der Waals surface area contributed by atoms with Crippen LogP contribution in [0.2, 0.25) is 0 Å². The monoisotopic (exact) mass is 423 g/mol. The summed E-state index contributed by atoms with van der Waals surface area (Å²) in [6.45, 7) is 4.10. The van der Waals surface area contributed by atoms with E-state index in [0.717, 1.165) is 35.1 Å². The first-order valence-electron chi connectivity index (χ1n) is 10.9. The third-order valence-electron chi connectivity index (χ3n) is 5.71. The normalized spacial score (nSPS) is 15.7. The molecule has 0 saturated carbocycles.